The molecular formula is C28H34N2O5S. The summed E-state index contributed by atoms with van der Waals surface area (Å²) in [6, 6.07) is 8.22. The van der Waals surface area contributed by atoms with E-state index in [1.165, 1.54) is 11.8 Å². The number of esters is 1. The van der Waals surface area contributed by atoms with Crippen LogP contribution in [0.1, 0.15) is 33.3 Å². The van der Waals surface area contributed by atoms with Crippen LogP contribution in [0.3, 0.4) is 0 Å². The van der Waals surface area contributed by atoms with Crippen molar-refractivity contribution in [2.24, 2.45) is 11.8 Å². The van der Waals surface area contributed by atoms with E-state index in [2.05, 4.69) is 0 Å². The van der Waals surface area contributed by atoms with Crippen molar-refractivity contribution in [1.82, 2.24) is 9.80 Å². The summed E-state index contributed by atoms with van der Waals surface area (Å²) in [5.41, 5.74) is 0.499. The Balaban J connectivity index is 1.66. The number of hydrogen-bond donors (Lipinski definition) is 1. The average molecular weight is 511 g/mol. The molecule has 1 aromatic carbocycles. The van der Waals surface area contributed by atoms with Crippen molar-refractivity contribution in [2.45, 2.75) is 61.2 Å². The van der Waals surface area contributed by atoms with Gasteiger partial charge in [-0.2, -0.15) is 0 Å². The highest BCUT2D eigenvalue weighted by Crippen LogP contribution is 2.65. The van der Waals surface area contributed by atoms with Gasteiger partial charge in [0.2, 0.25) is 11.8 Å². The second-order valence-electron chi connectivity index (χ2n) is 11.3. The molecule has 6 atom stereocenters. The second-order valence-corrected chi connectivity index (χ2v) is 13.1. The van der Waals surface area contributed by atoms with E-state index in [1.807, 2.05) is 82.3 Å². The lowest BCUT2D eigenvalue weighted by Gasteiger charge is -2.42. The number of amides is 2. The smallest absolute Gasteiger partial charge is 0.311 e. The van der Waals surface area contributed by atoms with Gasteiger partial charge in [0, 0.05) is 16.8 Å². The molecule has 0 bridgehead atoms. The number of hydrogen-bond acceptors (Lipinski definition) is 6. The number of likely N-dealkylation sites (tertiary alicyclic amines) is 1. The normalized spacial score (nSPS) is 34.6. The second kappa shape index (κ2) is 8.77. The number of ether oxygens (including phenoxy) is 1. The number of carbonyl (C=O) groups excluding carboxylic acids is 3. The molecule has 0 saturated carbocycles. The molecule has 8 heteroatoms. The molecule has 1 spiro atoms. The minimum Gasteiger partial charge on any atom is -0.461 e. The van der Waals surface area contributed by atoms with E-state index in [9.17, 15) is 19.5 Å². The number of aliphatic hydroxyl groups is 1. The van der Waals surface area contributed by atoms with E-state index >= 15 is 0 Å². The Kier molecular flexibility index (Phi) is 6.11. The average Bonchev–Trinajstić information content (AvgIpc) is 3.08. The largest absolute Gasteiger partial charge is 0.461 e. The molecule has 0 aromatic heterocycles. The van der Waals surface area contributed by atoms with Crippen molar-refractivity contribution in [3.63, 3.8) is 0 Å². The number of aliphatic hydroxyl groups excluding tert-OH is 1. The molecule has 2 saturated heterocycles. The molecule has 1 unspecified atom stereocenters. The maximum Gasteiger partial charge on any atom is 0.311 e. The number of thioether (sulfide) groups is 1. The Morgan fingerprint density at radius 3 is 2.47 bits per heavy atom. The van der Waals surface area contributed by atoms with Crippen LogP contribution in [-0.4, -0.2) is 79.6 Å². The van der Waals surface area contributed by atoms with Crippen molar-refractivity contribution < 1.29 is 24.2 Å². The van der Waals surface area contributed by atoms with Gasteiger partial charge in [-0.3, -0.25) is 14.4 Å². The molecule has 2 amide bonds. The quantitative estimate of drug-likeness (QED) is 0.495. The van der Waals surface area contributed by atoms with Gasteiger partial charge in [0.25, 0.3) is 0 Å². The zero-order chi connectivity index (χ0) is 25.9. The number of cyclic esters (lactones) is 1. The van der Waals surface area contributed by atoms with E-state index in [-0.39, 0.29) is 25.0 Å². The molecule has 0 radical (unpaired) electrons. The fraction of sp³-hybridized carbons (Fsp3) is 0.536. The van der Waals surface area contributed by atoms with Gasteiger partial charge < -0.3 is 19.6 Å². The summed E-state index contributed by atoms with van der Waals surface area (Å²) >= 11 is 1.52. The lowest BCUT2D eigenvalue weighted by atomic mass is 9.75. The van der Waals surface area contributed by atoms with Crippen LogP contribution in [-0.2, 0) is 25.5 Å². The van der Waals surface area contributed by atoms with Gasteiger partial charge >= 0.3 is 5.97 Å². The predicted octanol–water partition coefficient (Wildman–Crippen LogP) is 2.59. The zero-order valence-electron chi connectivity index (χ0n) is 21.2. The van der Waals surface area contributed by atoms with Gasteiger partial charge in [-0.15, -0.1) is 11.8 Å². The molecule has 4 heterocycles. The molecule has 36 heavy (non-hydrogen) atoms. The van der Waals surface area contributed by atoms with E-state index in [4.69, 9.17) is 4.74 Å². The molecule has 4 aliphatic rings. The third kappa shape index (κ3) is 3.72. The number of fused-ring (bicyclic) bond motifs is 2. The highest BCUT2D eigenvalue weighted by atomic mass is 32.2. The summed E-state index contributed by atoms with van der Waals surface area (Å²) in [6.45, 7) is 8.21. The number of rotatable bonds is 4. The van der Waals surface area contributed by atoms with Crippen LogP contribution in [0.5, 0.6) is 0 Å². The lowest BCUT2D eigenvalue weighted by molar-refractivity contribution is -0.153. The molecule has 1 N–H and O–H groups in total. The highest BCUT2D eigenvalue weighted by Gasteiger charge is 2.74. The standard InChI is InChI=1S/C28H34N2O5S/c1-26(2,3)29-14-8-13-28-20(21-25(34)35-15-9-12-27(21,4)36-28)23(32)30(22(28)24(29)33)19(17-31)16-18-10-6-5-7-11-18/h5-13,19-22,31H,14-17H2,1-4H3/t19-,20+,21+,22?,27-,28+/m1/s1. The van der Waals surface area contributed by atoms with Crippen molar-refractivity contribution in [3.8, 4) is 0 Å². The van der Waals surface area contributed by atoms with Crippen molar-refractivity contribution in [3.05, 3.63) is 60.2 Å². The van der Waals surface area contributed by atoms with Crippen LogP contribution in [0.4, 0.5) is 0 Å². The summed E-state index contributed by atoms with van der Waals surface area (Å²) in [7, 11) is 0. The van der Waals surface area contributed by atoms with Crippen LogP contribution in [0.2, 0.25) is 0 Å². The number of nitrogens with zero attached hydrogens (tertiary/aromatic N) is 2. The maximum absolute atomic E-state index is 14.4. The minimum atomic E-state index is -0.946. The summed E-state index contributed by atoms with van der Waals surface area (Å²) in [4.78, 5) is 45.4. The third-order valence-electron chi connectivity index (χ3n) is 7.98. The summed E-state index contributed by atoms with van der Waals surface area (Å²) in [5.74, 6) is -2.32. The Hall–Kier alpha value is -2.58. The van der Waals surface area contributed by atoms with Crippen LogP contribution in [0.15, 0.2) is 54.6 Å². The minimum absolute atomic E-state index is 0.153. The fourth-order valence-corrected chi connectivity index (χ4v) is 8.57. The third-order valence-corrected chi connectivity index (χ3v) is 9.78. The summed E-state index contributed by atoms with van der Waals surface area (Å²) in [6.07, 6.45) is 8.16. The first kappa shape index (κ1) is 25.1. The maximum atomic E-state index is 14.4. The van der Waals surface area contributed by atoms with Gasteiger partial charge in [0.05, 0.1) is 29.2 Å². The molecule has 0 aliphatic carbocycles. The van der Waals surface area contributed by atoms with Crippen LogP contribution >= 0.6 is 11.8 Å². The Labute approximate surface area is 216 Å². The van der Waals surface area contributed by atoms with Gasteiger partial charge in [0.15, 0.2) is 0 Å². The van der Waals surface area contributed by atoms with Gasteiger partial charge in [-0.1, -0.05) is 48.6 Å². The summed E-state index contributed by atoms with van der Waals surface area (Å²) < 4.78 is 3.85. The molecular weight excluding hydrogens is 476 g/mol. The predicted molar refractivity (Wildman–Crippen MR) is 138 cm³/mol. The van der Waals surface area contributed by atoms with Gasteiger partial charge in [0.1, 0.15) is 12.6 Å². The first-order chi connectivity index (χ1) is 17.0. The Morgan fingerprint density at radius 1 is 1.08 bits per heavy atom. The highest BCUT2D eigenvalue weighted by molar-refractivity contribution is 8.02. The lowest BCUT2D eigenvalue weighted by Crippen LogP contribution is -2.60. The van der Waals surface area contributed by atoms with Crippen LogP contribution in [0, 0.1) is 11.8 Å². The molecule has 4 aliphatic heterocycles. The van der Waals surface area contributed by atoms with E-state index in [1.54, 1.807) is 9.80 Å². The first-order valence-corrected chi connectivity index (χ1v) is 13.4. The van der Waals surface area contributed by atoms with Crippen LogP contribution < -0.4 is 0 Å². The van der Waals surface area contributed by atoms with E-state index in [0.29, 0.717) is 13.0 Å². The Bertz CT molecular complexity index is 1130. The van der Waals surface area contributed by atoms with Gasteiger partial charge in [-0.05, 0) is 45.8 Å². The molecule has 192 valence electrons. The SMILES string of the molecule is CC(C)(C)N1CC=C[C@]23S[C@]4(C)C=CCOC(=O)[C@@H]4[C@H]2C(=O)N([C@@H](CO)Cc2ccccc2)C3C1=O. The topological polar surface area (TPSA) is 87.2 Å². The Morgan fingerprint density at radius 2 is 1.81 bits per heavy atom. The molecule has 5 rings (SSSR count). The number of carbonyl (C=O) groups is 3. The molecule has 1 aromatic rings. The van der Waals surface area contributed by atoms with Crippen LogP contribution in [0.25, 0.3) is 0 Å². The van der Waals surface area contributed by atoms with E-state index < -0.39 is 44.9 Å². The fourth-order valence-electron chi connectivity index (χ4n) is 6.43. The monoisotopic (exact) mass is 510 g/mol. The summed E-state index contributed by atoms with van der Waals surface area (Å²) in [5, 5.41) is 10.5. The molecule has 7 nitrogen and oxygen atoms in total. The zero-order valence-corrected chi connectivity index (χ0v) is 22.0. The first-order valence-electron chi connectivity index (χ1n) is 12.5. The van der Waals surface area contributed by atoms with E-state index in [0.717, 1.165) is 5.56 Å². The van der Waals surface area contributed by atoms with Crippen molar-refractivity contribution >= 4 is 29.5 Å². The van der Waals surface area contributed by atoms with Crippen molar-refractivity contribution in [2.75, 3.05) is 19.8 Å². The van der Waals surface area contributed by atoms with Gasteiger partial charge in [-0.25, -0.2) is 0 Å². The number of benzene rings is 1. The van der Waals surface area contributed by atoms with Crippen molar-refractivity contribution in [1.29, 1.82) is 0 Å². The molecule has 2 fully saturated rings.